The van der Waals surface area contributed by atoms with Crippen LogP contribution >= 0.6 is 11.6 Å². The van der Waals surface area contributed by atoms with Crippen LogP contribution < -0.4 is 0 Å². The van der Waals surface area contributed by atoms with Crippen LogP contribution in [0.15, 0.2) is 18.2 Å². The van der Waals surface area contributed by atoms with Crippen LogP contribution in [-0.4, -0.2) is 64.9 Å². The average molecular weight is 451 g/mol. The highest BCUT2D eigenvalue weighted by Crippen LogP contribution is 2.46. The van der Waals surface area contributed by atoms with Gasteiger partial charge in [0.05, 0.1) is 19.4 Å². The van der Waals surface area contributed by atoms with Crippen LogP contribution in [0.25, 0.3) is 10.9 Å². The van der Waals surface area contributed by atoms with Gasteiger partial charge in [-0.3, -0.25) is 14.5 Å². The first-order valence-electron chi connectivity index (χ1n) is 10.8. The Kier molecular flexibility index (Phi) is 7.97. The van der Waals surface area contributed by atoms with E-state index in [-0.39, 0.29) is 12.8 Å². The maximum Gasteiger partial charge on any atom is 0.303 e. The van der Waals surface area contributed by atoms with Crippen molar-refractivity contribution in [1.29, 1.82) is 0 Å². The third kappa shape index (κ3) is 5.40. The first-order valence-corrected chi connectivity index (χ1v) is 11.2. The van der Waals surface area contributed by atoms with Gasteiger partial charge in [-0.2, -0.15) is 0 Å². The van der Waals surface area contributed by atoms with Gasteiger partial charge in [0, 0.05) is 36.5 Å². The summed E-state index contributed by atoms with van der Waals surface area (Å²) in [5, 5.41) is 18.0. The molecule has 8 heteroatoms. The Labute approximate surface area is 187 Å². The van der Waals surface area contributed by atoms with Crippen molar-refractivity contribution in [2.24, 2.45) is 5.92 Å². The molecule has 1 aromatic heterocycles. The monoisotopic (exact) mass is 450 g/mol. The number of carboxylic acids is 2. The quantitative estimate of drug-likeness (QED) is 0.585. The van der Waals surface area contributed by atoms with Gasteiger partial charge in [-0.05, 0) is 48.9 Å². The summed E-state index contributed by atoms with van der Waals surface area (Å²) in [6, 6.07) is 7.20. The largest absolute Gasteiger partial charge is 0.481 e. The molecular weight excluding hydrogens is 420 g/mol. The summed E-state index contributed by atoms with van der Waals surface area (Å²) >= 11 is 6.51. The number of ether oxygens (including phenoxy) is 1. The third-order valence-electron chi connectivity index (χ3n) is 6.20. The van der Waals surface area contributed by atoms with Crippen molar-refractivity contribution in [1.82, 2.24) is 9.88 Å². The lowest BCUT2D eigenvalue weighted by Gasteiger charge is -2.47. The fraction of sp³-hybridized carbons (Fsp3) is 0.565. The lowest BCUT2D eigenvalue weighted by molar-refractivity contribution is -0.143. The maximum atomic E-state index is 9.64. The standard InChI is InChI=1S/C19H25ClN2O.C4H6O4/c1-3-7-22-10-12(11-23-2)8-14-13-5-4-6-16-18(13)15(9-17(14)22)19(20)21-16;5-3(6)1-2-4(7)8/h4-6,12,14,17,21H,3,7-11H2,1-2H3;1-2H2,(H,5,6)(H,7,8)/t12-,14?,17-;/m1./s1. The SMILES string of the molecule is CCCN1C[C@H](COC)CC2c3cccc4[nH]c(Cl)c(c34)C[C@H]21.O=C(O)CCC(=O)O. The highest BCUT2D eigenvalue weighted by Gasteiger charge is 2.41. The zero-order chi connectivity index (χ0) is 22.5. The molecule has 3 atom stereocenters. The molecule has 0 bridgehead atoms. The number of H-pyrrole nitrogens is 1. The Morgan fingerprint density at radius 2 is 1.97 bits per heavy atom. The minimum Gasteiger partial charge on any atom is -0.481 e. The lowest BCUT2D eigenvalue weighted by atomic mass is 9.72. The number of halogens is 1. The van der Waals surface area contributed by atoms with Crippen LogP contribution in [0.4, 0.5) is 0 Å². The van der Waals surface area contributed by atoms with Gasteiger partial charge < -0.3 is 19.9 Å². The first kappa shape index (κ1) is 23.6. The van der Waals surface area contributed by atoms with E-state index in [4.69, 9.17) is 26.6 Å². The minimum atomic E-state index is -1.08. The van der Waals surface area contributed by atoms with Crippen LogP contribution in [0.3, 0.4) is 0 Å². The Morgan fingerprint density at radius 3 is 2.58 bits per heavy atom. The molecule has 1 saturated heterocycles. The Bertz CT molecular complexity index is 914. The van der Waals surface area contributed by atoms with Crippen molar-refractivity contribution in [3.05, 3.63) is 34.5 Å². The van der Waals surface area contributed by atoms with E-state index in [0.717, 1.165) is 31.3 Å². The van der Waals surface area contributed by atoms with Crippen molar-refractivity contribution >= 4 is 34.4 Å². The van der Waals surface area contributed by atoms with Crippen LogP contribution in [0.2, 0.25) is 5.15 Å². The van der Waals surface area contributed by atoms with Crippen molar-refractivity contribution in [3.63, 3.8) is 0 Å². The lowest BCUT2D eigenvalue weighted by Crippen LogP contribution is -2.51. The van der Waals surface area contributed by atoms with Crippen LogP contribution in [0.5, 0.6) is 0 Å². The summed E-state index contributed by atoms with van der Waals surface area (Å²) in [5.41, 5.74) is 4.00. The first-order chi connectivity index (χ1) is 14.8. The second-order valence-electron chi connectivity index (χ2n) is 8.40. The zero-order valence-corrected chi connectivity index (χ0v) is 18.8. The van der Waals surface area contributed by atoms with E-state index in [0.29, 0.717) is 17.9 Å². The van der Waals surface area contributed by atoms with Gasteiger partial charge in [0.15, 0.2) is 0 Å². The fourth-order valence-corrected chi connectivity index (χ4v) is 5.33. The molecule has 4 rings (SSSR count). The smallest absolute Gasteiger partial charge is 0.303 e. The van der Waals surface area contributed by atoms with Gasteiger partial charge >= 0.3 is 11.9 Å². The number of nitrogens with zero attached hydrogens (tertiary/aromatic N) is 1. The molecule has 2 aliphatic rings. The average Bonchev–Trinajstić information content (AvgIpc) is 3.05. The third-order valence-corrected chi connectivity index (χ3v) is 6.52. The van der Waals surface area contributed by atoms with Crippen LogP contribution in [0.1, 0.15) is 49.7 Å². The number of piperidine rings is 1. The van der Waals surface area contributed by atoms with Crippen molar-refractivity contribution < 1.29 is 24.5 Å². The highest BCUT2D eigenvalue weighted by molar-refractivity contribution is 6.32. The summed E-state index contributed by atoms with van der Waals surface area (Å²) < 4.78 is 5.48. The number of hydrogen-bond acceptors (Lipinski definition) is 4. The van der Waals surface area contributed by atoms with Crippen LogP contribution in [0, 0.1) is 5.92 Å². The second kappa shape index (κ2) is 10.5. The molecule has 31 heavy (non-hydrogen) atoms. The number of hydrogen-bond donors (Lipinski definition) is 3. The summed E-state index contributed by atoms with van der Waals surface area (Å²) in [5.74, 6) is -0.933. The number of aliphatic carboxylic acids is 2. The Hall–Kier alpha value is -2.09. The molecular formula is C23H31ClN2O5. The molecule has 2 aromatic rings. The minimum absolute atomic E-state index is 0.296. The molecule has 170 valence electrons. The molecule has 1 fully saturated rings. The molecule has 1 aliphatic heterocycles. The van der Waals surface area contributed by atoms with E-state index < -0.39 is 11.9 Å². The van der Waals surface area contributed by atoms with Crippen LogP contribution in [-0.2, 0) is 20.7 Å². The number of rotatable bonds is 7. The van der Waals surface area contributed by atoms with Crippen molar-refractivity contribution in [2.45, 2.75) is 51.0 Å². The molecule has 1 unspecified atom stereocenters. The highest BCUT2D eigenvalue weighted by atomic mass is 35.5. The van der Waals surface area contributed by atoms with E-state index >= 15 is 0 Å². The van der Waals surface area contributed by atoms with E-state index in [1.807, 2.05) is 7.11 Å². The number of benzene rings is 1. The maximum absolute atomic E-state index is 9.64. The molecule has 3 N–H and O–H groups in total. The van der Waals surface area contributed by atoms with E-state index in [1.54, 1.807) is 0 Å². The van der Waals surface area contributed by atoms with Gasteiger partial charge in [0.1, 0.15) is 5.15 Å². The topological polar surface area (TPSA) is 103 Å². The predicted molar refractivity (Wildman–Crippen MR) is 120 cm³/mol. The number of nitrogens with one attached hydrogen (secondary N) is 1. The molecule has 0 radical (unpaired) electrons. The number of aromatic nitrogens is 1. The van der Waals surface area contributed by atoms with Gasteiger partial charge in [-0.15, -0.1) is 0 Å². The summed E-state index contributed by atoms with van der Waals surface area (Å²) in [7, 11) is 1.82. The summed E-state index contributed by atoms with van der Waals surface area (Å²) in [6.07, 6.45) is 2.89. The molecule has 0 saturated carbocycles. The molecule has 7 nitrogen and oxygen atoms in total. The summed E-state index contributed by atoms with van der Waals surface area (Å²) in [4.78, 5) is 25.3. The van der Waals surface area contributed by atoms with Crippen molar-refractivity contribution in [2.75, 3.05) is 26.8 Å². The van der Waals surface area contributed by atoms with E-state index in [9.17, 15) is 9.59 Å². The number of fused-ring (bicyclic) bond motifs is 2. The summed E-state index contributed by atoms with van der Waals surface area (Å²) in [6.45, 7) is 5.44. The number of methoxy groups -OCH3 is 1. The van der Waals surface area contributed by atoms with Gasteiger partial charge in [0.25, 0.3) is 0 Å². The molecule has 2 heterocycles. The molecule has 1 aromatic carbocycles. The number of carbonyl (C=O) groups is 2. The number of likely N-dealkylation sites (tertiary alicyclic amines) is 1. The van der Waals surface area contributed by atoms with E-state index in [1.165, 1.54) is 34.9 Å². The zero-order valence-electron chi connectivity index (χ0n) is 18.1. The normalized spacial score (nSPS) is 22.5. The van der Waals surface area contributed by atoms with Gasteiger partial charge in [-0.25, -0.2) is 0 Å². The Balaban J connectivity index is 0.000000293. The fourth-order valence-electron chi connectivity index (χ4n) is 5.06. The molecule has 0 spiro atoms. The second-order valence-corrected chi connectivity index (χ2v) is 8.78. The number of aromatic amines is 1. The molecule has 1 aliphatic carbocycles. The van der Waals surface area contributed by atoms with Gasteiger partial charge in [-0.1, -0.05) is 30.7 Å². The van der Waals surface area contributed by atoms with Gasteiger partial charge in [0.2, 0.25) is 0 Å². The van der Waals surface area contributed by atoms with E-state index in [2.05, 4.69) is 35.0 Å². The molecule has 0 amide bonds. The van der Waals surface area contributed by atoms with Crippen molar-refractivity contribution in [3.8, 4) is 0 Å². The predicted octanol–water partition coefficient (Wildman–Crippen LogP) is 4.14. The number of carboxylic acid groups (broad SMARTS) is 2. The Morgan fingerprint density at radius 1 is 1.26 bits per heavy atom.